The molecule has 0 aromatic heterocycles. The van der Waals surface area contributed by atoms with Crippen molar-refractivity contribution in [1.82, 2.24) is 0 Å². The minimum Gasteiger partial charge on any atom is -0.469 e. The molecule has 4 nitrogen and oxygen atoms in total. The minimum absolute atomic E-state index is 0.0159. The second-order valence-corrected chi connectivity index (χ2v) is 4.52. The van der Waals surface area contributed by atoms with Gasteiger partial charge in [-0.3, -0.25) is 9.59 Å². The molecule has 1 aromatic rings. The maximum Gasteiger partial charge on any atom is 0.306 e. The summed E-state index contributed by atoms with van der Waals surface area (Å²) in [5, 5.41) is 0. The van der Waals surface area contributed by atoms with Crippen LogP contribution < -0.4 is 4.90 Å². The van der Waals surface area contributed by atoms with E-state index >= 15 is 0 Å². The Labute approximate surface area is 107 Å². The predicted molar refractivity (Wildman–Crippen MR) is 68.3 cm³/mol. The molecule has 1 aromatic carbocycles. The lowest BCUT2D eigenvalue weighted by atomic mass is 10.1. The normalized spacial score (nSPS) is 17.4. The zero-order valence-electron chi connectivity index (χ0n) is 10.7. The van der Waals surface area contributed by atoms with E-state index in [9.17, 15) is 9.59 Å². The van der Waals surface area contributed by atoms with Crippen molar-refractivity contribution in [2.45, 2.75) is 32.2 Å². The summed E-state index contributed by atoms with van der Waals surface area (Å²) in [5.74, 6) is -0.360. The number of esters is 1. The summed E-state index contributed by atoms with van der Waals surface area (Å²) in [5.41, 5.74) is 2.16. The number of carbonyl (C=O) groups is 2. The molecule has 96 valence electrons. The Morgan fingerprint density at radius 2 is 2.06 bits per heavy atom. The molecule has 4 heteroatoms. The standard InChI is InChI=1S/C14H17NO3/c1-10-9-11-5-3-4-6-12(11)15(10)13(16)7-8-14(17)18-2/h3-6,10H,7-9H2,1-2H3. The van der Waals surface area contributed by atoms with Gasteiger partial charge in [0.05, 0.1) is 13.5 Å². The van der Waals surface area contributed by atoms with Crippen LogP contribution in [0.3, 0.4) is 0 Å². The number of carbonyl (C=O) groups excluding carboxylic acids is 2. The Balaban J connectivity index is 2.09. The van der Waals surface area contributed by atoms with Gasteiger partial charge in [0.1, 0.15) is 0 Å². The maximum absolute atomic E-state index is 12.2. The lowest BCUT2D eigenvalue weighted by molar-refractivity contribution is -0.141. The van der Waals surface area contributed by atoms with E-state index < -0.39 is 0 Å². The van der Waals surface area contributed by atoms with E-state index in [2.05, 4.69) is 4.74 Å². The second kappa shape index (κ2) is 5.21. The Morgan fingerprint density at radius 1 is 1.33 bits per heavy atom. The van der Waals surface area contributed by atoms with Crippen LogP contribution in [0.5, 0.6) is 0 Å². The first-order valence-corrected chi connectivity index (χ1v) is 6.10. The molecular formula is C14H17NO3. The largest absolute Gasteiger partial charge is 0.469 e. The number of para-hydroxylation sites is 1. The van der Waals surface area contributed by atoms with Gasteiger partial charge in [-0.15, -0.1) is 0 Å². The van der Waals surface area contributed by atoms with Gasteiger partial charge in [0.2, 0.25) is 5.91 Å². The predicted octanol–water partition coefficient (Wildman–Crippen LogP) is 1.92. The molecule has 1 aliphatic heterocycles. The fourth-order valence-corrected chi connectivity index (χ4v) is 2.38. The number of rotatable bonds is 3. The van der Waals surface area contributed by atoms with Crippen molar-refractivity contribution in [3.8, 4) is 0 Å². The summed E-state index contributed by atoms with van der Waals surface area (Å²) in [6.45, 7) is 2.02. The fourth-order valence-electron chi connectivity index (χ4n) is 2.38. The summed E-state index contributed by atoms with van der Waals surface area (Å²) in [6, 6.07) is 8.06. The van der Waals surface area contributed by atoms with E-state index in [0.29, 0.717) is 0 Å². The fraction of sp³-hybridized carbons (Fsp3) is 0.429. The molecule has 0 N–H and O–H groups in total. The van der Waals surface area contributed by atoms with Crippen LogP contribution in [0.1, 0.15) is 25.3 Å². The molecule has 1 amide bonds. The van der Waals surface area contributed by atoms with Gasteiger partial charge in [-0.2, -0.15) is 0 Å². The van der Waals surface area contributed by atoms with Gasteiger partial charge in [0, 0.05) is 18.2 Å². The van der Waals surface area contributed by atoms with Crippen LogP contribution in [0.2, 0.25) is 0 Å². The zero-order valence-corrected chi connectivity index (χ0v) is 10.7. The third-order valence-electron chi connectivity index (χ3n) is 3.25. The summed E-state index contributed by atoms with van der Waals surface area (Å²) >= 11 is 0. The number of ether oxygens (including phenoxy) is 1. The Hall–Kier alpha value is -1.84. The molecule has 0 aliphatic carbocycles. The highest BCUT2D eigenvalue weighted by atomic mass is 16.5. The number of nitrogens with zero attached hydrogens (tertiary/aromatic N) is 1. The second-order valence-electron chi connectivity index (χ2n) is 4.52. The topological polar surface area (TPSA) is 46.6 Å². The smallest absolute Gasteiger partial charge is 0.306 e. The van der Waals surface area contributed by atoms with Crippen LogP contribution in [0.25, 0.3) is 0 Å². The Kier molecular flexibility index (Phi) is 3.65. The van der Waals surface area contributed by atoms with Crippen molar-refractivity contribution in [3.05, 3.63) is 29.8 Å². The number of amides is 1. The maximum atomic E-state index is 12.2. The minimum atomic E-state index is -0.344. The van der Waals surface area contributed by atoms with Gasteiger partial charge in [0.15, 0.2) is 0 Å². The molecule has 0 radical (unpaired) electrons. The lowest BCUT2D eigenvalue weighted by Crippen LogP contribution is -2.35. The molecule has 18 heavy (non-hydrogen) atoms. The highest BCUT2D eigenvalue weighted by molar-refractivity contribution is 5.97. The summed E-state index contributed by atoms with van der Waals surface area (Å²) < 4.78 is 4.55. The van der Waals surface area contributed by atoms with Gasteiger partial charge in [0.25, 0.3) is 0 Å². The number of hydrogen-bond donors (Lipinski definition) is 0. The third-order valence-corrected chi connectivity index (χ3v) is 3.25. The van der Waals surface area contributed by atoms with E-state index in [4.69, 9.17) is 0 Å². The van der Waals surface area contributed by atoms with Crippen LogP contribution in [0, 0.1) is 0 Å². The zero-order chi connectivity index (χ0) is 13.1. The van der Waals surface area contributed by atoms with Crippen molar-refractivity contribution in [2.24, 2.45) is 0 Å². The molecule has 1 aliphatic rings. The number of benzene rings is 1. The average molecular weight is 247 g/mol. The van der Waals surface area contributed by atoms with Gasteiger partial charge in [-0.25, -0.2) is 0 Å². The molecule has 0 saturated carbocycles. The van der Waals surface area contributed by atoms with Crippen LogP contribution in [0.15, 0.2) is 24.3 Å². The van der Waals surface area contributed by atoms with E-state index in [1.165, 1.54) is 12.7 Å². The quantitative estimate of drug-likeness (QED) is 0.767. The first-order valence-electron chi connectivity index (χ1n) is 6.10. The lowest BCUT2D eigenvalue weighted by Gasteiger charge is -2.22. The van der Waals surface area contributed by atoms with Crippen molar-refractivity contribution in [2.75, 3.05) is 12.0 Å². The molecule has 0 saturated heterocycles. The van der Waals surface area contributed by atoms with Gasteiger partial charge in [-0.05, 0) is 25.0 Å². The Morgan fingerprint density at radius 3 is 2.78 bits per heavy atom. The van der Waals surface area contributed by atoms with Gasteiger partial charge < -0.3 is 9.64 Å². The molecule has 1 unspecified atom stereocenters. The van der Waals surface area contributed by atoms with E-state index in [0.717, 1.165) is 12.1 Å². The summed E-state index contributed by atoms with van der Waals surface area (Å²) in [6.07, 6.45) is 1.21. The van der Waals surface area contributed by atoms with Crippen molar-refractivity contribution >= 4 is 17.6 Å². The van der Waals surface area contributed by atoms with E-state index in [-0.39, 0.29) is 30.8 Å². The SMILES string of the molecule is COC(=O)CCC(=O)N1c2ccccc2CC1C. The Bertz CT molecular complexity index is 470. The van der Waals surface area contributed by atoms with Crippen molar-refractivity contribution in [1.29, 1.82) is 0 Å². The van der Waals surface area contributed by atoms with Crippen LogP contribution in [0.4, 0.5) is 5.69 Å². The third kappa shape index (κ3) is 2.37. The summed E-state index contributed by atoms with van der Waals surface area (Å²) in [7, 11) is 1.33. The molecule has 1 atom stereocenters. The van der Waals surface area contributed by atoms with E-state index in [1.54, 1.807) is 4.90 Å². The molecular weight excluding hydrogens is 230 g/mol. The number of anilines is 1. The summed E-state index contributed by atoms with van der Waals surface area (Å²) in [4.78, 5) is 25.0. The van der Waals surface area contributed by atoms with Crippen molar-refractivity contribution in [3.63, 3.8) is 0 Å². The molecule has 0 fully saturated rings. The molecule has 0 bridgehead atoms. The number of methoxy groups -OCH3 is 1. The first kappa shape index (κ1) is 12.6. The highest BCUT2D eigenvalue weighted by Gasteiger charge is 2.30. The van der Waals surface area contributed by atoms with Crippen LogP contribution >= 0.6 is 0 Å². The van der Waals surface area contributed by atoms with Gasteiger partial charge >= 0.3 is 5.97 Å². The van der Waals surface area contributed by atoms with Gasteiger partial charge in [-0.1, -0.05) is 18.2 Å². The molecule has 2 rings (SSSR count). The van der Waals surface area contributed by atoms with Crippen molar-refractivity contribution < 1.29 is 14.3 Å². The monoisotopic (exact) mass is 247 g/mol. The highest BCUT2D eigenvalue weighted by Crippen LogP contribution is 2.32. The molecule has 1 heterocycles. The van der Waals surface area contributed by atoms with Crippen LogP contribution in [-0.2, 0) is 20.7 Å². The van der Waals surface area contributed by atoms with Crippen LogP contribution in [-0.4, -0.2) is 25.0 Å². The first-order chi connectivity index (χ1) is 8.63. The number of fused-ring (bicyclic) bond motifs is 1. The average Bonchev–Trinajstić information content (AvgIpc) is 2.71. The number of hydrogen-bond acceptors (Lipinski definition) is 3. The van der Waals surface area contributed by atoms with E-state index in [1.807, 2.05) is 31.2 Å². The molecule has 0 spiro atoms.